The van der Waals surface area contributed by atoms with Crippen LogP contribution in [0.25, 0.3) is 0 Å². The van der Waals surface area contributed by atoms with Crippen LogP contribution >= 0.6 is 11.8 Å². The van der Waals surface area contributed by atoms with Gasteiger partial charge in [0.25, 0.3) is 0 Å². The summed E-state index contributed by atoms with van der Waals surface area (Å²) in [6, 6.07) is 3.97. The maximum absolute atomic E-state index is 4.20. The first-order valence-electron chi connectivity index (χ1n) is 3.13. The molecule has 0 bridgehead atoms. The quantitative estimate of drug-likeness (QED) is 0.611. The van der Waals surface area contributed by atoms with Crippen LogP contribution in [0, 0.1) is 6.54 Å². The van der Waals surface area contributed by atoms with Crippen molar-refractivity contribution in [3.8, 4) is 0 Å². The van der Waals surface area contributed by atoms with E-state index in [1.165, 1.54) is 0 Å². The van der Waals surface area contributed by atoms with Crippen molar-refractivity contribution in [1.29, 1.82) is 0 Å². The zero-order valence-electron chi connectivity index (χ0n) is 5.37. The first-order chi connectivity index (χ1) is 4.97. The highest BCUT2D eigenvalue weighted by Gasteiger charge is 2.07. The molecule has 2 nitrogen and oxygen atoms in total. The second-order valence-corrected chi connectivity index (χ2v) is 3.02. The summed E-state index contributed by atoms with van der Waals surface area (Å²) in [6.45, 7) is 2.04. The van der Waals surface area contributed by atoms with Crippen LogP contribution in [0.1, 0.15) is 0 Å². The third kappa shape index (κ3) is 0.968. The molecule has 3 heteroatoms. The highest BCUT2D eigenvalue weighted by Crippen LogP contribution is 2.28. The number of anilines is 1. The monoisotopic (exact) mass is 151 g/mol. The van der Waals surface area contributed by atoms with Crippen LogP contribution in [0.4, 0.5) is 5.69 Å². The predicted octanol–water partition coefficient (Wildman–Crippen LogP) is 1.76. The molecule has 2 heterocycles. The summed E-state index contributed by atoms with van der Waals surface area (Å²) >= 11 is 1.76. The molecule has 1 N–H and O–H groups in total. The zero-order valence-corrected chi connectivity index (χ0v) is 6.19. The lowest BCUT2D eigenvalue weighted by Gasteiger charge is -2.14. The molecule has 2 rings (SSSR count). The van der Waals surface area contributed by atoms with E-state index in [4.69, 9.17) is 0 Å². The molecule has 10 heavy (non-hydrogen) atoms. The number of nitrogens with one attached hydrogen (secondary N) is 1. The fourth-order valence-electron chi connectivity index (χ4n) is 0.888. The van der Waals surface area contributed by atoms with E-state index in [0.717, 1.165) is 16.5 Å². The standard InChI is InChI=1S/C7H7N2S/c1-2-6-7(9-3-1)10-5-4-8-6/h1-4,8H,5H2. The molecule has 0 spiro atoms. The lowest BCUT2D eigenvalue weighted by Crippen LogP contribution is -2.04. The maximum atomic E-state index is 4.20. The molecule has 1 aromatic heterocycles. The van der Waals surface area contributed by atoms with Gasteiger partial charge in [0.2, 0.25) is 0 Å². The van der Waals surface area contributed by atoms with Gasteiger partial charge in [0.05, 0.1) is 12.2 Å². The van der Waals surface area contributed by atoms with Crippen LogP contribution < -0.4 is 5.32 Å². The number of aromatic nitrogens is 1. The molecule has 0 atom stereocenters. The second kappa shape index (κ2) is 2.50. The summed E-state index contributed by atoms with van der Waals surface area (Å²) < 4.78 is 0. The van der Waals surface area contributed by atoms with Crippen molar-refractivity contribution >= 4 is 17.4 Å². The summed E-state index contributed by atoms with van der Waals surface area (Å²) in [5, 5.41) is 4.26. The molecule has 0 aromatic carbocycles. The highest BCUT2D eigenvalue weighted by atomic mass is 32.2. The van der Waals surface area contributed by atoms with Crippen molar-refractivity contribution in [3.63, 3.8) is 0 Å². The van der Waals surface area contributed by atoms with Crippen LogP contribution in [0.3, 0.4) is 0 Å². The number of hydrogen-bond donors (Lipinski definition) is 1. The molecule has 1 aromatic rings. The Kier molecular flexibility index (Phi) is 1.51. The molecule has 1 aliphatic rings. The van der Waals surface area contributed by atoms with Crippen molar-refractivity contribution in [1.82, 2.24) is 4.98 Å². The Morgan fingerprint density at radius 2 is 2.60 bits per heavy atom. The molecule has 0 saturated heterocycles. The molecule has 0 unspecified atom stereocenters. The zero-order chi connectivity index (χ0) is 6.81. The van der Waals surface area contributed by atoms with Crippen LogP contribution in [0.15, 0.2) is 23.4 Å². The lowest BCUT2D eigenvalue weighted by molar-refractivity contribution is 1.11. The molecule has 51 valence electrons. The van der Waals surface area contributed by atoms with Crippen LogP contribution in [-0.4, -0.2) is 10.7 Å². The number of fused-ring (bicyclic) bond motifs is 1. The molecule has 0 aliphatic carbocycles. The maximum Gasteiger partial charge on any atom is 0.119 e. The van der Waals surface area contributed by atoms with Gasteiger partial charge in [-0.25, -0.2) is 4.98 Å². The van der Waals surface area contributed by atoms with Gasteiger partial charge in [-0.1, -0.05) is 0 Å². The minimum atomic E-state index is 1.00. The van der Waals surface area contributed by atoms with Gasteiger partial charge >= 0.3 is 0 Å². The third-order valence-electron chi connectivity index (χ3n) is 1.33. The number of pyridine rings is 1. The van der Waals surface area contributed by atoms with E-state index in [1.807, 2.05) is 24.9 Å². The van der Waals surface area contributed by atoms with Crippen molar-refractivity contribution in [2.75, 3.05) is 11.1 Å². The largest absolute Gasteiger partial charge is 0.377 e. The number of nitrogens with zero attached hydrogens (tertiary/aromatic N) is 1. The lowest BCUT2D eigenvalue weighted by atomic mass is 10.4. The van der Waals surface area contributed by atoms with Crippen LogP contribution in [0.2, 0.25) is 0 Å². The van der Waals surface area contributed by atoms with E-state index in [0.29, 0.717) is 0 Å². The van der Waals surface area contributed by atoms with Crippen molar-refractivity contribution in [2.45, 2.75) is 5.03 Å². The van der Waals surface area contributed by atoms with Gasteiger partial charge in [-0.2, -0.15) is 0 Å². The Labute approximate surface area is 64.0 Å². The third-order valence-corrected chi connectivity index (χ3v) is 2.26. The van der Waals surface area contributed by atoms with Crippen LogP contribution in [0.5, 0.6) is 0 Å². The number of thioether (sulfide) groups is 1. The summed E-state index contributed by atoms with van der Waals surface area (Å²) in [4.78, 5) is 4.20. The van der Waals surface area contributed by atoms with E-state index in [-0.39, 0.29) is 0 Å². The molecular formula is C7H7N2S. The summed E-state index contributed by atoms with van der Waals surface area (Å²) in [5.74, 6) is 1.00. The SMILES string of the molecule is [CH]1CSc2ncccc2N1. The van der Waals surface area contributed by atoms with Gasteiger partial charge in [0, 0.05) is 11.9 Å². The summed E-state index contributed by atoms with van der Waals surface area (Å²) in [5.41, 5.74) is 1.12. The first-order valence-corrected chi connectivity index (χ1v) is 4.11. The second-order valence-electron chi connectivity index (χ2n) is 2.02. The van der Waals surface area contributed by atoms with Crippen molar-refractivity contribution in [2.24, 2.45) is 0 Å². The molecular weight excluding hydrogens is 144 g/mol. The molecule has 0 amide bonds. The summed E-state index contributed by atoms with van der Waals surface area (Å²) in [6.07, 6.45) is 1.82. The smallest absolute Gasteiger partial charge is 0.119 e. The minimum absolute atomic E-state index is 1.00. The van der Waals surface area contributed by atoms with Crippen molar-refractivity contribution < 1.29 is 0 Å². The van der Waals surface area contributed by atoms with Gasteiger partial charge in [0.15, 0.2) is 0 Å². The van der Waals surface area contributed by atoms with Gasteiger partial charge in [0.1, 0.15) is 5.03 Å². The molecule has 0 fully saturated rings. The normalized spacial score (nSPS) is 15.6. The van der Waals surface area contributed by atoms with Crippen molar-refractivity contribution in [3.05, 3.63) is 24.9 Å². The van der Waals surface area contributed by atoms with Gasteiger partial charge in [-0.15, -0.1) is 11.8 Å². The summed E-state index contributed by atoms with van der Waals surface area (Å²) in [7, 11) is 0. The predicted molar refractivity (Wildman–Crippen MR) is 42.9 cm³/mol. The van der Waals surface area contributed by atoms with E-state index < -0.39 is 0 Å². The average Bonchev–Trinajstić information content (AvgIpc) is 2.05. The Hall–Kier alpha value is -0.700. The highest BCUT2D eigenvalue weighted by molar-refractivity contribution is 7.99. The number of hydrogen-bond acceptors (Lipinski definition) is 3. The topological polar surface area (TPSA) is 24.9 Å². The van der Waals surface area contributed by atoms with Gasteiger partial charge in [-0.3, -0.25) is 0 Å². The number of rotatable bonds is 0. The average molecular weight is 151 g/mol. The molecule has 0 saturated carbocycles. The Morgan fingerprint density at radius 3 is 3.50 bits per heavy atom. The van der Waals surface area contributed by atoms with E-state index >= 15 is 0 Å². The molecule has 1 radical (unpaired) electrons. The Balaban J connectivity index is 2.41. The van der Waals surface area contributed by atoms with Gasteiger partial charge in [-0.05, 0) is 12.1 Å². The first kappa shape index (κ1) is 6.04. The minimum Gasteiger partial charge on any atom is -0.377 e. The Bertz CT molecular complexity index is 212. The van der Waals surface area contributed by atoms with Gasteiger partial charge < -0.3 is 5.32 Å². The fraction of sp³-hybridized carbons (Fsp3) is 0.143. The molecule has 1 aliphatic heterocycles. The van der Waals surface area contributed by atoms with Crippen LogP contribution in [-0.2, 0) is 0 Å². The van der Waals surface area contributed by atoms with E-state index in [1.54, 1.807) is 11.8 Å². The van der Waals surface area contributed by atoms with E-state index in [9.17, 15) is 0 Å². The van der Waals surface area contributed by atoms with E-state index in [2.05, 4.69) is 10.3 Å². The Morgan fingerprint density at radius 1 is 1.60 bits per heavy atom. The fourth-order valence-corrected chi connectivity index (χ4v) is 1.63.